The van der Waals surface area contributed by atoms with Crippen LogP contribution in [0.4, 0.5) is 0 Å². The van der Waals surface area contributed by atoms with Crippen LogP contribution in [0.2, 0.25) is 5.02 Å². The molecule has 4 heteroatoms. The molecule has 0 saturated heterocycles. The molecule has 96 valence electrons. The molecule has 1 aromatic carbocycles. The lowest BCUT2D eigenvalue weighted by Gasteiger charge is -2.13. The fourth-order valence-electron chi connectivity index (χ4n) is 1.69. The number of ether oxygens (including phenoxy) is 1. The van der Waals surface area contributed by atoms with Crippen LogP contribution >= 0.6 is 11.6 Å². The van der Waals surface area contributed by atoms with Crippen LogP contribution in [0.1, 0.15) is 25.3 Å². The first-order valence-electron chi connectivity index (χ1n) is 5.88. The second-order valence-corrected chi connectivity index (χ2v) is 4.47. The van der Waals surface area contributed by atoms with Crippen LogP contribution in [-0.2, 0) is 6.54 Å². The summed E-state index contributed by atoms with van der Waals surface area (Å²) < 4.78 is 5.24. The van der Waals surface area contributed by atoms with E-state index in [1.807, 2.05) is 12.1 Å². The van der Waals surface area contributed by atoms with Crippen LogP contribution in [0.3, 0.4) is 0 Å². The summed E-state index contributed by atoms with van der Waals surface area (Å²) in [4.78, 5) is 0. The Hall–Kier alpha value is -0.770. The molecule has 0 aliphatic heterocycles. The van der Waals surface area contributed by atoms with Crippen LogP contribution in [-0.4, -0.2) is 24.9 Å². The Kier molecular flexibility index (Phi) is 6.34. The van der Waals surface area contributed by atoms with Crippen LogP contribution in [0.5, 0.6) is 5.75 Å². The Morgan fingerprint density at radius 3 is 2.88 bits per heavy atom. The van der Waals surface area contributed by atoms with Crippen LogP contribution in [0.25, 0.3) is 0 Å². The van der Waals surface area contributed by atoms with Gasteiger partial charge >= 0.3 is 0 Å². The van der Waals surface area contributed by atoms with Crippen molar-refractivity contribution in [2.75, 3.05) is 13.7 Å². The number of aliphatic hydroxyl groups is 1. The van der Waals surface area contributed by atoms with Crippen LogP contribution < -0.4 is 10.1 Å². The molecule has 0 amide bonds. The van der Waals surface area contributed by atoms with Crippen molar-refractivity contribution >= 4 is 11.6 Å². The highest BCUT2D eigenvalue weighted by atomic mass is 35.5. The van der Waals surface area contributed by atoms with E-state index in [2.05, 4.69) is 12.2 Å². The molecule has 2 N–H and O–H groups in total. The summed E-state index contributed by atoms with van der Waals surface area (Å²) in [6, 6.07) is 5.53. The predicted octanol–water partition coefficient (Wildman–Crippen LogP) is 2.60. The van der Waals surface area contributed by atoms with E-state index in [4.69, 9.17) is 16.3 Å². The minimum atomic E-state index is -0.287. The fourth-order valence-corrected chi connectivity index (χ4v) is 1.89. The van der Waals surface area contributed by atoms with E-state index in [0.717, 1.165) is 24.2 Å². The molecule has 1 aromatic rings. The first-order chi connectivity index (χ1) is 8.17. The molecule has 0 radical (unpaired) electrons. The lowest BCUT2D eigenvalue weighted by atomic mass is 10.2. The molecule has 0 aromatic heterocycles. The van der Waals surface area contributed by atoms with Gasteiger partial charge in [-0.3, -0.25) is 0 Å². The largest absolute Gasteiger partial charge is 0.496 e. The van der Waals surface area contributed by atoms with Crippen molar-refractivity contribution in [2.24, 2.45) is 0 Å². The van der Waals surface area contributed by atoms with Gasteiger partial charge in [0.15, 0.2) is 0 Å². The summed E-state index contributed by atoms with van der Waals surface area (Å²) in [5.74, 6) is 0.812. The van der Waals surface area contributed by atoms with Gasteiger partial charge in [0, 0.05) is 23.7 Å². The first-order valence-corrected chi connectivity index (χ1v) is 6.26. The van der Waals surface area contributed by atoms with Crippen LogP contribution in [0.15, 0.2) is 18.2 Å². The van der Waals surface area contributed by atoms with Crippen molar-refractivity contribution in [1.29, 1.82) is 0 Å². The maximum atomic E-state index is 9.59. The predicted molar refractivity (Wildman–Crippen MR) is 70.6 cm³/mol. The van der Waals surface area contributed by atoms with Crippen molar-refractivity contribution in [3.63, 3.8) is 0 Å². The Bertz CT molecular complexity index is 344. The minimum absolute atomic E-state index is 0.287. The molecule has 3 nitrogen and oxygen atoms in total. The molecule has 1 unspecified atom stereocenters. The number of rotatable bonds is 7. The smallest absolute Gasteiger partial charge is 0.123 e. The molecule has 0 aliphatic rings. The van der Waals surface area contributed by atoms with Gasteiger partial charge in [0.2, 0.25) is 0 Å². The quantitative estimate of drug-likeness (QED) is 0.789. The van der Waals surface area contributed by atoms with Crippen molar-refractivity contribution in [3.05, 3.63) is 28.8 Å². The summed E-state index contributed by atoms with van der Waals surface area (Å²) in [6.07, 6.45) is 1.52. The first kappa shape index (κ1) is 14.3. The summed E-state index contributed by atoms with van der Waals surface area (Å²) in [7, 11) is 1.64. The summed E-state index contributed by atoms with van der Waals surface area (Å²) in [6.45, 7) is 3.29. The minimum Gasteiger partial charge on any atom is -0.496 e. The van der Waals surface area contributed by atoms with Crippen molar-refractivity contribution < 1.29 is 9.84 Å². The average molecular weight is 258 g/mol. The van der Waals surface area contributed by atoms with Gasteiger partial charge in [0.25, 0.3) is 0 Å². The highest BCUT2D eigenvalue weighted by molar-refractivity contribution is 6.30. The lowest BCUT2D eigenvalue weighted by molar-refractivity contribution is 0.160. The third-order valence-electron chi connectivity index (χ3n) is 2.56. The zero-order chi connectivity index (χ0) is 12.7. The number of benzene rings is 1. The lowest BCUT2D eigenvalue weighted by Crippen LogP contribution is -2.26. The van der Waals surface area contributed by atoms with Gasteiger partial charge in [-0.1, -0.05) is 24.9 Å². The summed E-state index contributed by atoms with van der Waals surface area (Å²) in [5.41, 5.74) is 1.00. The molecule has 1 rings (SSSR count). The maximum absolute atomic E-state index is 9.59. The topological polar surface area (TPSA) is 41.5 Å². The molecule has 17 heavy (non-hydrogen) atoms. The zero-order valence-electron chi connectivity index (χ0n) is 10.4. The van der Waals surface area contributed by atoms with E-state index < -0.39 is 0 Å². The maximum Gasteiger partial charge on any atom is 0.123 e. The van der Waals surface area contributed by atoms with Gasteiger partial charge < -0.3 is 15.2 Å². The Labute approximate surface area is 108 Å². The van der Waals surface area contributed by atoms with Gasteiger partial charge in [-0.05, 0) is 24.6 Å². The molecule has 0 heterocycles. The SMILES string of the molecule is CCCC(O)CNCc1cc(Cl)ccc1OC. The molecule has 0 bridgehead atoms. The molecule has 0 aliphatic carbocycles. The second kappa shape index (κ2) is 7.54. The number of hydrogen-bond donors (Lipinski definition) is 2. The monoisotopic (exact) mass is 257 g/mol. The highest BCUT2D eigenvalue weighted by Gasteiger charge is 2.05. The Morgan fingerprint density at radius 2 is 2.24 bits per heavy atom. The Balaban J connectivity index is 2.48. The van der Waals surface area contributed by atoms with Gasteiger partial charge in [-0.15, -0.1) is 0 Å². The number of nitrogens with one attached hydrogen (secondary N) is 1. The molecule has 1 atom stereocenters. The van der Waals surface area contributed by atoms with Gasteiger partial charge in [-0.25, -0.2) is 0 Å². The van der Waals surface area contributed by atoms with Crippen molar-refractivity contribution in [1.82, 2.24) is 5.32 Å². The zero-order valence-corrected chi connectivity index (χ0v) is 11.1. The van der Waals surface area contributed by atoms with E-state index in [1.165, 1.54) is 0 Å². The molecule has 0 fully saturated rings. The van der Waals surface area contributed by atoms with E-state index in [-0.39, 0.29) is 6.10 Å². The summed E-state index contributed by atoms with van der Waals surface area (Å²) >= 11 is 5.93. The standard InChI is InChI=1S/C13H20ClNO2/c1-3-4-12(16)9-15-8-10-7-11(14)5-6-13(10)17-2/h5-7,12,15-16H,3-4,8-9H2,1-2H3. The number of aliphatic hydroxyl groups excluding tert-OH is 1. The fraction of sp³-hybridized carbons (Fsp3) is 0.538. The molecular formula is C13H20ClNO2. The van der Waals surface area contributed by atoms with E-state index in [1.54, 1.807) is 13.2 Å². The van der Waals surface area contributed by atoms with Crippen molar-refractivity contribution in [3.8, 4) is 5.75 Å². The van der Waals surface area contributed by atoms with Crippen LogP contribution in [0, 0.1) is 0 Å². The second-order valence-electron chi connectivity index (χ2n) is 4.03. The van der Waals surface area contributed by atoms with Crippen molar-refractivity contribution in [2.45, 2.75) is 32.4 Å². The summed E-state index contributed by atoms with van der Waals surface area (Å²) in [5, 5.41) is 13.5. The van der Waals surface area contributed by atoms with Gasteiger partial charge in [0.05, 0.1) is 13.2 Å². The third kappa shape index (κ3) is 4.94. The van der Waals surface area contributed by atoms with Gasteiger partial charge in [-0.2, -0.15) is 0 Å². The third-order valence-corrected chi connectivity index (χ3v) is 2.79. The van der Waals surface area contributed by atoms with Gasteiger partial charge in [0.1, 0.15) is 5.75 Å². The van der Waals surface area contributed by atoms with E-state index >= 15 is 0 Å². The Morgan fingerprint density at radius 1 is 1.47 bits per heavy atom. The van der Waals surface area contributed by atoms with E-state index in [9.17, 15) is 5.11 Å². The highest BCUT2D eigenvalue weighted by Crippen LogP contribution is 2.22. The molecule has 0 saturated carbocycles. The normalized spacial score (nSPS) is 12.5. The number of methoxy groups -OCH3 is 1. The van der Waals surface area contributed by atoms with E-state index in [0.29, 0.717) is 18.1 Å². The number of halogens is 1. The average Bonchev–Trinajstić information content (AvgIpc) is 2.30. The molecule has 0 spiro atoms. The molecular weight excluding hydrogens is 238 g/mol. The number of hydrogen-bond acceptors (Lipinski definition) is 3.